The lowest BCUT2D eigenvalue weighted by Gasteiger charge is -2.18. The molecule has 7 nitrogen and oxygen atoms in total. The average molecular weight is 413 g/mol. The topological polar surface area (TPSA) is 81.4 Å². The standard InChI is InChI=1S/C18H13BrN4O3/c19-13-5-7-14(8-6-13)26-18-16(23(24)25)17(20-11-21-18)22-10-9-12-3-1-2-4-15(12)22/h1-8,11H,9-10H2. The molecule has 1 aromatic heterocycles. The predicted molar refractivity (Wildman–Crippen MR) is 100 cm³/mol. The van der Waals surface area contributed by atoms with Crippen LogP contribution in [0.4, 0.5) is 17.2 Å². The molecule has 0 radical (unpaired) electrons. The Hall–Kier alpha value is -3.00. The number of hydrogen-bond acceptors (Lipinski definition) is 6. The highest BCUT2D eigenvalue weighted by Gasteiger charge is 2.32. The minimum atomic E-state index is -0.496. The number of nitrogens with zero attached hydrogens (tertiary/aromatic N) is 4. The molecular formula is C18H13BrN4O3. The number of ether oxygens (including phenoxy) is 1. The molecule has 0 amide bonds. The van der Waals surface area contributed by atoms with Crippen LogP contribution in [0.3, 0.4) is 0 Å². The molecule has 0 spiro atoms. The van der Waals surface area contributed by atoms with Gasteiger partial charge in [-0.2, -0.15) is 4.98 Å². The van der Waals surface area contributed by atoms with Crippen LogP contribution in [-0.4, -0.2) is 21.4 Å². The quantitative estimate of drug-likeness (QED) is 0.458. The largest absolute Gasteiger partial charge is 0.434 e. The van der Waals surface area contributed by atoms with Gasteiger partial charge in [0.15, 0.2) is 0 Å². The van der Waals surface area contributed by atoms with Crippen molar-refractivity contribution in [2.75, 3.05) is 11.4 Å². The maximum absolute atomic E-state index is 11.8. The number of benzene rings is 2. The Kier molecular flexibility index (Phi) is 4.26. The average Bonchev–Trinajstić information content (AvgIpc) is 3.07. The van der Waals surface area contributed by atoms with Gasteiger partial charge in [0.25, 0.3) is 0 Å². The predicted octanol–water partition coefficient (Wildman–Crippen LogP) is 4.63. The summed E-state index contributed by atoms with van der Waals surface area (Å²) in [5.74, 6) is 0.622. The van der Waals surface area contributed by atoms with Crippen LogP contribution < -0.4 is 9.64 Å². The molecule has 2 aromatic carbocycles. The van der Waals surface area contributed by atoms with Gasteiger partial charge in [-0.1, -0.05) is 34.1 Å². The van der Waals surface area contributed by atoms with Gasteiger partial charge in [-0.05, 0) is 42.3 Å². The van der Waals surface area contributed by atoms with Gasteiger partial charge in [-0.3, -0.25) is 10.1 Å². The van der Waals surface area contributed by atoms with E-state index >= 15 is 0 Å². The van der Waals surface area contributed by atoms with E-state index in [1.54, 1.807) is 24.3 Å². The number of rotatable bonds is 4. The first-order valence-corrected chi connectivity index (χ1v) is 8.71. The normalized spacial score (nSPS) is 12.7. The molecule has 26 heavy (non-hydrogen) atoms. The number of halogens is 1. The Morgan fingerprint density at radius 2 is 1.88 bits per heavy atom. The summed E-state index contributed by atoms with van der Waals surface area (Å²) in [6, 6.07) is 14.8. The van der Waals surface area contributed by atoms with Crippen molar-refractivity contribution in [2.24, 2.45) is 0 Å². The molecule has 4 rings (SSSR count). The fourth-order valence-corrected chi connectivity index (χ4v) is 3.22. The maximum atomic E-state index is 11.8. The molecule has 1 aliphatic heterocycles. The molecule has 0 bridgehead atoms. The van der Waals surface area contributed by atoms with Gasteiger partial charge < -0.3 is 9.64 Å². The van der Waals surface area contributed by atoms with Crippen LogP contribution >= 0.6 is 15.9 Å². The Balaban J connectivity index is 1.77. The SMILES string of the molecule is O=[N+]([O-])c1c(Oc2ccc(Br)cc2)ncnc1N1CCc2ccccc21. The van der Waals surface area contributed by atoms with E-state index in [2.05, 4.69) is 25.9 Å². The van der Waals surface area contributed by atoms with Crippen molar-refractivity contribution in [1.82, 2.24) is 9.97 Å². The molecule has 0 N–H and O–H groups in total. The molecule has 0 fully saturated rings. The summed E-state index contributed by atoms with van der Waals surface area (Å²) in [6.07, 6.45) is 2.09. The zero-order chi connectivity index (χ0) is 18.1. The Bertz CT molecular complexity index is 978. The van der Waals surface area contributed by atoms with Crippen LogP contribution in [0.5, 0.6) is 11.6 Å². The van der Waals surface area contributed by atoms with Crippen molar-refractivity contribution in [3.63, 3.8) is 0 Å². The summed E-state index contributed by atoms with van der Waals surface area (Å²) >= 11 is 3.34. The Morgan fingerprint density at radius 3 is 2.65 bits per heavy atom. The maximum Gasteiger partial charge on any atom is 0.373 e. The second kappa shape index (κ2) is 6.72. The van der Waals surface area contributed by atoms with E-state index in [-0.39, 0.29) is 17.4 Å². The van der Waals surface area contributed by atoms with E-state index in [0.717, 1.165) is 22.1 Å². The zero-order valence-electron chi connectivity index (χ0n) is 13.5. The van der Waals surface area contributed by atoms with Crippen LogP contribution in [0.15, 0.2) is 59.3 Å². The van der Waals surface area contributed by atoms with Crippen LogP contribution in [0.1, 0.15) is 5.56 Å². The van der Waals surface area contributed by atoms with Crippen LogP contribution in [0.2, 0.25) is 0 Å². The fourth-order valence-electron chi connectivity index (χ4n) is 2.96. The Labute approximate surface area is 157 Å². The summed E-state index contributed by atoms with van der Waals surface area (Å²) in [4.78, 5) is 21.3. The van der Waals surface area contributed by atoms with Crippen LogP contribution in [0, 0.1) is 10.1 Å². The molecule has 0 atom stereocenters. The monoisotopic (exact) mass is 412 g/mol. The van der Waals surface area contributed by atoms with Crippen LogP contribution in [0.25, 0.3) is 0 Å². The molecule has 8 heteroatoms. The Morgan fingerprint density at radius 1 is 1.12 bits per heavy atom. The zero-order valence-corrected chi connectivity index (χ0v) is 15.1. The molecule has 2 heterocycles. The number of nitro groups is 1. The van der Waals surface area contributed by atoms with Crippen molar-refractivity contribution in [3.05, 3.63) is 75.0 Å². The van der Waals surface area contributed by atoms with E-state index in [1.807, 2.05) is 29.2 Å². The van der Waals surface area contributed by atoms with Crippen molar-refractivity contribution < 1.29 is 9.66 Å². The first-order chi connectivity index (χ1) is 12.6. The highest BCUT2D eigenvalue weighted by Crippen LogP contribution is 2.42. The number of fused-ring (bicyclic) bond motifs is 1. The number of aromatic nitrogens is 2. The highest BCUT2D eigenvalue weighted by atomic mass is 79.9. The molecule has 0 saturated heterocycles. The number of para-hydroxylation sites is 1. The van der Waals surface area contributed by atoms with E-state index in [4.69, 9.17) is 4.74 Å². The molecule has 0 saturated carbocycles. The lowest BCUT2D eigenvalue weighted by molar-refractivity contribution is -0.385. The molecule has 3 aromatic rings. The lowest BCUT2D eigenvalue weighted by Crippen LogP contribution is -2.17. The molecular weight excluding hydrogens is 400 g/mol. The minimum absolute atomic E-state index is 0.0771. The lowest BCUT2D eigenvalue weighted by atomic mass is 10.2. The van der Waals surface area contributed by atoms with Gasteiger partial charge in [-0.15, -0.1) is 0 Å². The molecule has 130 valence electrons. The summed E-state index contributed by atoms with van der Waals surface area (Å²) in [7, 11) is 0. The van der Waals surface area contributed by atoms with Gasteiger partial charge in [0, 0.05) is 16.7 Å². The van der Waals surface area contributed by atoms with Gasteiger partial charge in [0.05, 0.1) is 4.92 Å². The van der Waals surface area contributed by atoms with Gasteiger partial charge in [-0.25, -0.2) is 4.98 Å². The van der Waals surface area contributed by atoms with Gasteiger partial charge >= 0.3 is 11.6 Å². The minimum Gasteiger partial charge on any atom is -0.434 e. The summed E-state index contributed by atoms with van der Waals surface area (Å²) in [5, 5.41) is 11.8. The van der Waals surface area contributed by atoms with E-state index in [0.29, 0.717) is 12.3 Å². The number of hydrogen-bond donors (Lipinski definition) is 0. The second-order valence-corrected chi connectivity index (χ2v) is 6.61. The summed E-state index contributed by atoms with van der Waals surface area (Å²) < 4.78 is 6.56. The number of anilines is 2. The van der Waals surface area contributed by atoms with Crippen molar-refractivity contribution in [2.45, 2.75) is 6.42 Å². The van der Waals surface area contributed by atoms with Gasteiger partial charge in [0.1, 0.15) is 12.1 Å². The second-order valence-electron chi connectivity index (χ2n) is 5.69. The third-order valence-corrected chi connectivity index (χ3v) is 4.65. The van der Waals surface area contributed by atoms with E-state index in [1.165, 1.54) is 6.33 Å². The van der Waals surface area contributed by atoms with E-state index in [9.17, 15) is 10.1 Å². The third-order valence-electron chi connectivity index (χ3n) is 4.12. The van der Waals surface area contributed by atoms with Crippen molar-refractivity contribution in [3.8, 4) is 11.6 Å². The van der Waals surface area contributed by atoms with Gasteiger partial charge in [0.2, 0.25) is 5.82 Å². The van der Waals surface area contributed by atoms with Crippen LogP contribution in [-0.2, 0) is 6.42 Å². The highest BCUT2D eigenvalue weighted by molar-refractivity contribution is 9.10. The third kappa shape index (κ3) is 2.99. The summed E-state index contributed by atoms with van der Waals surface area (Å²) in [6.45, 7) is 0.620. The molecule has 0 aliphatic carbocycles. The van der Waals surface area contributed by atoms with E-state index < -0.39 is 4.92 Å². The molecule has 1 aliphatic rings. The van der Waals surface area contributed by atoms with Crippen molar-refractivity contribution >= 4 is 33.1 Å². The fraction of sp³-hybridized carbons (Fsp3) is 0.111. The first-order valence-electron chi connectivity index (χ1n) is 7.92. The molecule has 0 unspecified atom stereocenters. The van der Waals surface area contributed by atoms with Crippen molar-refractivity contribution in [1.29, 1.82) is 0 Å². The summed E-state index contributed by atoms with van der Waals surface area (Å²) in [5.41, 5.74) is 1.81. The first kappa shape index (κ1) is 16.5. The smallest absolute Gasteiger partial charge is 0.373 e.